The molecule has 0 aromatic rings. The van der Waals surface area contributed by atoms with Crippen LogP contribution in [0.1, 0.15) is 0 Å². The van der Waals surface area contributed by atoms with Crippen LogP contribution in [0.5, 0.6) is 0 Å². The smallest absolute Gasteiger partial charge is 0.141 e. The topological polar surface area (TPSA) is 0 Å². The van der Waals surface area contributed by atoms with Crippen LogP contribution in [0.15, 0.2) is 11.4 Å². The lowest BCUT2D eigenvalue weighted by atomic mass is 10.3. The van der Waals surface area contributed by atoms with Gasteiger partial charge < -0.3 is 0 Å². The minimum Gasteiger partial charge on any atom is -0.246 e. The van der Waals surface area contributed by atoms with Crippen molar-refractivity contribution in [1.29, 1.82) is 0 Å². The van der Waals surface area contributed by atoms with Gasteiger partial charge in [-0.05, 0) is 0 Å². The van der Waals surface area contributed by atoms with E-state index in [9.17, 15) is 17.6 Å². The maximum Gasteiger partial charge on any atom is 0.141 e. The molecule has 0 spiro atoms. The lowest BCUT2D eigenvalue weighted by Crippen LogP contribution is -1.93. The van der Waals surface area contributed by atoms with Gasteiger partial charge in [0.05, 0.1) is 0 Å². The molecule has 4 heteroatoms. The van der Waals surface area contributed by atoms with Crippen LogP contribution >= 0.6 is 0 Å². The molecule has 0 aromatic carbocycles. The summed E-state index contributed by atoms with van der Waals surface area (Å²) in [5.41, 5.74) is -0.738. The van der Waals surface area contributed by atoms with E-state index in [-0.39, 0.29) is 0 Å². The first-order chi connectivity index (χ1) is 4.26. The van der Waals surface area contributed by atoms with Gasteiger partial charge in [0.25, 0.3) is 0 Å². The molecular formula is C5H6F4. The second kappa shape index (κ2) is 4.35. The molecule has 0 aliphatic carbocycles. The molecular weight excluding hydrogens is 136 g/mol. The van der Waals surface area contributed by atoms with E-state index in [0.29, 0.717) is 0 Å². The molecule has 0 radical (unpaired) electrons. The van der Waals surface area contributed by atoms with Crippen molar-refractivity contribution in [3.8, 4) is 0 Å². The maximum absolute atomic E-state index is 11.8. The number of hydrogen-bond donors (Lipinski definition) is 0. The Kier molecular flexibility index (Phi) is 4.09. The summed E-state index contributed by atoms with van der Waals surface area (Å²) in [6.45, 7) is -3.94. The molecule has 0 N–H and O–H groups in total. The van der Waals surface area contributed by atoms with E-state index < -0.39 is 31.4 Å². The molecule has 0 aromatic heterocycles. The van der Waals surface area contributed by atoms with E-state index in [2.05, 4.69) is 0 Å². The summed E-state index contributed by atoms with van der Waals surface area (Å²) in [6.07, 6.45) is 0. The summed E-state index contributed by atoms with van der Waals surface area (Å²) in [5.74, 6) is -1.33. The summed E-state index contributed by atoms with van der Waals surface area (Å²) >= 11 is 0. The minimum absolute atomic E-state index is 0.738. The molecule has 0 heterocycles. The van der Waals surface area contributed by atoms with Gasteiger partial charge in [-0.1, -0.05) is 0 Å². The number of rotatable bonds is 3. The Balaban J connectivity index is 4.01. The van der Waals surface area contributed by atoms with Crippen molar-refractivity contribution in [2.75, 3.05) is 20.0 Å². The fraction of sp³-hybridized carbons (Fsp3) is 0.600. The molecule has 54 valence electrons. The fourth-order valence-corrected chi connectivity index (χ4v) is 0.275. The fourth-order valence-electron chi connectivity index (χ4n) is 0.275. The molecule has 0 rings (SSSR count). The quantitative estimate of drug-likeness (QED) is 0.529. The van der Waals surface area contributed by atoms with Crippen LogP contribution in [0.4, 0.5) is 17.6 Å². The van der Waals surface area contributed by atoms with E-state index in [1.165, 1.54) is 0 Å². The summed E-state index contributed by atoms with van der Waals surface area (Å²) in [5, 5.41) is 0. The van der Waals surface area contributed by atoms with Crippen LogP contribution in [0.2, 0.25) is 0 Å². The Morgan fingerprint density at radius 1 is 0.889 bits per heavy atom. The number of halogens is 4. The summed E-state index contributed by atoms with van der Waals surface area (Å²) in [4.78, 5) is 0. The van der Waals surface area contributed by atoms with Gasteiger partial charge in [0, 0.05) is 5.57 Å². The Hall–Kier alpha value is -0.540. The molecule has 0 amide bonds. The number of alkyl halides is 3. The highest BCUT2D eigenvalue weighted by Crippen LogP contribution is 2.07. The van der Waals surface area contributed by atoms with Crippen LogP contribution < -0.4 is 0 Å². The number of allylic oxidation sites excluding steroid dienone is 2. The first-order valence-electron chi connectivity index (χ1n) is 2.30. The molecule has 9 heavy (non-hydrogen) atoms. The van der Waals surface area contributed by atoms with E-state index in [0.717, 1.165) is 0 Å². The van der Waals surface area contributed by atoms with E-state index in [1.807, 2.05) is 0 Å². The normalized spacial score (nSPS) is 9.33. The third-order valence-electron chi connectivity index (χ3n) is 0.824. The van der Waals surface area contributed by atoms with Gasteiger partial charge >= 0.3 is 0 Å². The van der Waals surface area contributed by atoms with Crippen LogP contribution in [-0.2, 0) is 0 Å². The number of hydrogen-bond acceptors (Lipinski definition) is 0. The van der Waals surface area contributed by atoms with Gasteiger partial charge in [0.2, 0.25) is 0 Å². The van der Waals surface area contributed by atoms with Gasteiger partial charge in [-0.25, -0.2) is 17.6 Å². The highest BCUT2D eigenvalue weighted by molar-refractivity contribution is 5.08. The molecule has 0 fully saturated rings. The van der Waals surface area contributed by atoms with Crippen LogP contribution in [-0.4, -0.2) is 20.0 Å². The molecule has 0 saturated carbocycles. The SMILES string of the molecule is FCC(F)=C(CF)CF. The van der Waals surface area contributed by atoms with Crippen LogP contribution in [0.25, 0.3) is 0 Å². The zero-order valence-corrected chi connectivity index (χ0v) is 4.63. The second-order valence-corrected chi connectivity index (χ2v) is 1.41. The standard InChI is InChI=1S/C5H6F4/c6-1-4(2-7)5(9)3-8/h1-3H2. The maximum atomic E-state index is 11.8. The van der Waals surface area contributed by atoms with Gasteiger partial charge in [-0.15, -0.1) is 0 Å². The van der Waals surface area contributed by atoms with Crippen molar-refractivity contribution in [2.45, 2.75) is 0 Å². The lowest BCUT2D eigenvalue weighted by Gasteiger charge is -1.94. The average molecular weight is 142 g/mol. The van der Waals surface area contributed by atoms with Crippen molar-refractivity contribution in [1.82, 2.24) is 0 Å². The molecule has 0 aliphatic heterocycles. The first-order valence-corrected chi connectivity index (χ1v) is 2.30. The zero-order chi connectivity index (χ0) is 7.28. The summed E-state index contributed by atoms with van der Waals surface area (Å²) in [6, 6.07) is 0. The molecule has 0 unspecified atom stereocenters. The Morgan fingerprint density at radius 2 is 1.33 bits per heavy atom. The summed E-state index contributed by atoms with van der Waals surface area (Å²) < 4.78 is 45.8. The Bertz CT molecular complexity index is 102. The highest BCUT2D eigenvalue weighted by atomic mass is 19.2. The monoisotopic (exact) mass is 142 g/mol. The van der Waals surface area contributed by atoms with Crippen molar-refractivity contribution >= 4 is 0 Å². The predicted molar refractivity (Wildman–Crippen MR) is 26.1 cm³/mol. The third kappa shape index (κ3) is 2.49. The van der Waals surface area contributed by atoms with E-state index >= 15 is 0 Å². The molecule has 0 nitrogen and oxygen atoms in total. The van der Waals surface area contributed by atoms with E-state index in [1.54, 1.807) is 0 Å². The highest BCUT2D eigenvalue weighted by Gasteiger charge is 2.04. The molecule has 0 aliphatic rings. The van der Waals surface area contributed by atoms with Gasteiger partial charge in [0.15, 0.2) is 0 Å². The Morgan fingerprint density at radius 3 is 1.44 bits per heavy atom. The van der Waals surface area contributed by atoms with Crippen molar-refractivity contribution in [3.63, 3.8) is 0 Å². The van der Waals surface area contributed by atoms with Gasteiger partial charge in [-0.2, -0.15) is 0 Å². The molecule has 0 atom stereocenters. The third-order valence-corrected chi connectivity index (χ3v) is 0.824. The molecule has 0 saturated heterocycles. The second-order valence-electron chi connectivity index (χ2n) is 1.41. The molecule has 0 bridgehead atoms. The largest absolute Gasteiger partial charge is 0.246 e. The van der Waals surface area contributed by atoms with Gasteiger partial charge in [0.1, 0.15) is 25.9 Å². The zero-order valence-electron chi connectivity index (χ0n) is 4.63. The van der Waals surface area contributed by atoms with Crippen LogP contribution in [0.3, 0.4) is 0 Å². The summed E-state index contributed by atoms with van der Waals surface area (Å²) in [7, 11) is 0. The first kappa shape index (κ1) is 8.46. The Labute approximate surface area is 50.2 Å². The predicted octanol–water partition coefficient (Wildman–Crippen LogP) is 2.12. The minimum atomic E-state index is -1.43. The van der Waals surface area contributed by atoms with E-state index in [4.69, 9.17) is 0 Å². The lowest BCUT2D eigenvalue weighted by molar-refractivity contribution is 0.412. The van der Waals surface area contributed by atoms with Crippen molar-refractivity contribution in [2.24, 2.45) is 0 Å². The van der Waals surface area contributed by atoms with Crippen LogP contribution in [0, 0.1) is 0 Å². The van der Waals surface area contributed by atoms with Crippen molar-refractivity contribution in [3.05, 3.63) is 11.4 Å². The van der Waals surface area contributed by atoms with Crippen molar-refractivity contribution < 1.29 is 17.6 Å². The van der Waals surface area contributed by atoms with Gasteiger partial charge in [-0.3, -0.25) is 0 Å². The average Bonchev–Trinajstić information content (AvgIpc) is 1.90.